The summed E-state index contributed by atoms with van der Waals surface area (Å²) in [6.45, 7) is 1.57. The molecule has 0 aliphatic carbocycles. The lowest BCUT2D eigenvalue weighted by Gasteiger charge is -2.33. The average Bonchev–Trinajstić information content (AvgIpc) is 2.46. The molecule has 11 heteroatoms. The highest BCUT2D eigenvalue weighted by Gasteiger charge is 2.29. The molecule has 0 aromatic rings. The molecule has 1 atom stereocenters. The minimum atomic E-state index is -3.24. The van der Waals surface area contributed by atoms with Gasteiger partial charge < -0.3 is 10.6 Å². The Labute approximate surface area is 143 Å². The highest BCUT2D eigenvalue weighted by atomic mass is 32.2. The van der Waals surface area contributed by atoms with Crippen molar-refractivity contribution in [2.75, 3.05) is 38.7 Å². The van der Waals surface area contributed by atoms with E-state index in [2.05, 4.69) is 10.6 Å². The highest BCUT2D eigenvalue weighted by Crippen LogP contribution is 2.15. The van der Waals surface area contributed by atoms with Crippen molar-refractivity contribution in [3.8, 4) is 0 Å². The summed E-state index contributed by atoms with van der Waals surface area (Å²) in [5, 5.41) is 5.67. The standard InChI is InChI=1S/C13H26N4O5S2/c1-23(19,20)16-8-5-11(6-9-16)14-13(18)15-12-4-3-7-17(10-12)24(2,21)22/h11-12H,3-10H2,1-2H3,(H2,14,15,18). The predicted molar refractivity (Wildman–Crippen MR) is 90.5 cm³/mol. The Balaban J connectivity index is 1.78. The zero-order chi connectivity index (χ0) is 18.0. The Morgan fingerprint density at radius 3 is 1.92 bits per heavy atom. The summed E-state index contributed by atoms with van der Waals surface area (Å²) in [5.41, 5.74) is 0. The quantitative estimate of drug-likeness (QED) is 0.656. The number of amides is 2. The number of carbonyl (C=O) groups excluding carboxylic acids is 1. The third-order valence-electron chi connectivity index (χ3n) is 4.45. The molecule has 0 radical (unpaired) electrons. The molecule has 140 valence electrons. The average molecular weight is 383 g/mol. The molecule has 2 fully saturated rings. The number of piperidine rings is 2. The van der Waals surface area contributed by atoms with Crippen molar-refractivity contribution in [3.05, 3.63) is 0 Å². The lowest BCUT2D eigenvalue weighted by molar-refractivity contribution is 0.215. The smallest absolute Gasteiger partial charge is 0.315 e. The molecule has 2 N–H and O–H groups in total. The molecule has 2 heterocycles. The van der Waals surface area contributed by atoms with Crippen LogP contribution in [0.3, 0.4) is 0 Å². The number of hydrogen-bond donors (Lipinski definition) is 2. The first-order chi connectivity index (χ1) is 11.1. The Morgan fingerprint density at radius 2 is 1.38 bits per heavy atom. The summed E-state index contributed by atoms with van der Waals surface area (Å²) in [7, 11) is -6.42. The molecule has 1 unspecified atom stereocenters. The van der Waals surface area contributed by atoms with E-state index in [0.717, 1.165) is 6.42 Å². The maximum atomic E-state index is 12.1. The van der Waals surface area contributed by atoms with Gasteiger partial charge in [0.2, 0.25) is 20.0 Å². The topological polar surface area (TPSA) is 116 Å². The molecule has 2 amide bonds. The van der Waals surface area contributed by atoms with Gasteiger partial charge in [-0.2, -0.15) is 0 Å². The van der Waals surface area contributed by atoms with Gasteiger partial charge in [-0.3, -0.25) is 0 Å². The van der Waals surface area contributed by atoms with Crippen LogP contribution in [0.4, 0.5) is 4.79 Å². The molecule has 9 nitrogen and oxygen atoms in total. The summed E-state index contributed by atoms with van der Waals surface area (Å²) in [6, 6.07) is -0.602. The van der Waals surface area contributed by atoms with E-state index in [0.29, 0.717) is 45.4 Å². The number of sulfonamides is 2. The van der Waals surface area contributed by atoms with E-state index in [1.54, 1.807) is 0 Å². The molecule has 0 saturated carbocycles. The van der Waals surface area contributed by atoms with E-state index in [9.17, 15) is 21.6 Å². The highest BCUT2D eigenvalue weighted by molar-refractivity contribution is 7.88. The fourth-order valence-electron chi connectivity index (χ4n) is 3.11. The first-order valence-electron chi connectivity index (χ1n) is 8.03. The van der Waals surface area contributed by atoms with Crippen LogP contribution in [0.5, 0.6) is 0 Å². The van der Waals surface area contributed by atoms with E-state index < -0.39 is 20.0 Å². The van der Waals surface area contributed by atoms with Crippen LogP contribution in [0.15, 0.2) is 0 Å². The number of hydrogen-bond acceptors (Lipinski definition) is 5. The van der Waals surface area contributed by atoms with Gasteiger partial charge in [0.05, 0.1) is 12.5 Å². The number of rotatable bonds is 4. The molecule has 2 saturated heterocycles. The molecule has 0 bridgehead atoms. The van der Waals surface area contributed by atoms with Crippen LogP contribution >= 0.6 is 0 Å². The summed E-state index contributed by atoms with van der Waals surface area (Å²) in [5.74, 6) is 0. The third kappa shape index (κ3) is 5.57. The van der Waals surface area contributed by atoms with E-state index in [-0.39, 0.29) is 18.1 Å². The Kier molecular flexibility index (Phi) is 6.10. The second-order valence-electron chi connectivity index (χ2n) is 6.51. The van der Waals surface area contributed by atoms with Gasteiger partial charge in [0, 0.05) is 38.3 Å². The number of carbonyl (C=O) groups is 1. The zero-order valence-corrected chi connectivity index (χ0v) is 15.7. The summed E-state index contributed by atoms with van der Waals surface area (Å²) in [6.07, 6.45) is 4.95. The molecule has 2 rings (SSSR count). The first kappa shape index (κ1) is 19.4. The van der Waals surface area contributed by atoms with Gasteiger partial charge in [-0.05, 0) is 25.7 Å². The van der Waals surface area contributed by atoms with Crippen molar-refractivity contribution in [2.24, 2.45) is 0 Å². The molecule has 2 aliphatic heterocycles. The molecular formula is C13H26N4O5S2. The zero-order valence-electron chi connectivity index (χ0n) is 14.1. The van der Waals surface area contributed by atoms with Crippen molar-refractivity contribution in [1.82, 2.24) is 19.2 Å². The SMILES string of the molecule is CS(=O)(=O)N1CCC(NC(=O)NC2CCCN(S(C)(=O)=O)C2)CC1. The van der Waals surface area contributed by atoms with Crippen LogP contribution in [0.1, 0.15) is 25.7 Å². The summed E-state index contributed by atoms with van der Waals surface area (Å²) >= 11 is 0. The van der Waals surface area contributed by atoms with E-state index >= 15 is 0 Å². The Morgan fingerprint density at radius 1 is 0.833 bits per heavy atom. The van der Waals surface area contributed by atoms with E-state index in [1.807, 2.05) is 0 Å². The third-order valence-corrected chi connectivity index (χ3v) is 7.02. The van der Waals surface area contributed by atoms with Gasteiger partial charge in [0.15, 0.2) is 0 Å². The number of urea groups is 1. The Hall–Kier alpha value is -0.910. The minimum absolute atomic E-state index is 0.0717. The van der Waals surface area contributed by atoms with Gasteiger partial charge in [0.1, 0.15) is 0 Å². The van der Waals surface area contributed by atoms with Gasteiger partial charge in [-0.1, -0.05) is 0 Å². The molecule has 24 heavy (non-hydrogen) atoms. The van der Waals surface area contributed by atoms with Crippen molar-refractivity contribution in [3.63, 3.8) is 0 Å². The molecule has 0 aromatic carbocycles. The summed E-state index contributed by atoms with van der Waals surface area (Å²) < 4.78 is 48.9. The molecular weight excluding hydrogens is 356 g/mol. The van der Waals surface area contributed by atoms with Crippen LogP contribution in [0.25, 0.3) is 0 Å². The lowest BCUT2D eigenvalue weighted by atomic mass is 10.1. The van der Waals surface area contributed by atoms with Crippen molar-refractivity contribution in [2.45, 2.75) is 37.8 Å². The van der Waals surface area contributed by atoms with Gasteiger partial charge in [0.25, 0.3) is 0 Å². The number of nitrogens with zero attached hydrogens (tertiary/aromatic N) is 2. The van der Waals surface area contributed by atoms with Crippen molar-refractivity contribution in [1.29, 1.82) is 0 Å². The minimum Gasteiger partial charge on any atom is -0.335 e. The second kappa shape index (κ2) is 7.54. The number of nitrogens with one attached hydrogen (secondary N) is 2. The lowest BCUT2D eigenvalue weighted by Crippen LogP contribution is -2.54. The monoisotopic (exact) mass is 382 g/mol. The largest absolute Gasteiger partial charge is 0.335 e. The Bertz CT molecular complexity index is 656. The van der Waals surface area contributed by atoms with E-state index in [4.69, 9.17) is 0 Å². The fraction of sp³-hybridized carbons (Fsp3) is 0.923. The normalized spacial score (nSPS) is 25.3. The van der Waals surface area contributed by atoms with E-state index in [1.165, 1.54) is 21.1 Å². The molecule has 0 spiro atoms. The van der Waals surface area contributed by atoms with Gasteiger partial charge in [-0.25, -0.2) is 30.2 Å². The molecule has 2 aliphatic rings. The van der Waals surface area contributed by atoms with Crippen LogP contribution in [0.2, 0.25) is 0 Å². The van der Waals surface area contributed by atoms with Crippen molar-refractivity contribution < 1.29 is 21.6 Å². The van der Waals surface area contributed by atoms with Gasteiger partial charge in [-0.15, -0.1) is 0 Å². The second-order valence-corrected chi connectivity index (χ2v) is 10.5. The summed E-state index contributed by atoms with van der Waals surface area (Å²) in [4.78, 5) is 12.1. The maximum Gasteiger partial charge on any atom is 0.315 e. The van der Waals surface area contributed by atoms with Crippen LogP contribution < -0.4 is 10.6 Å². The van der Waals surface area contributed by atoms with Crippen LogP contribution in [-0.4, -0.2) is 82.3 Å². The first-order valence-corrected chi connectivity index (χ1v) is 11.7. The van der Waals surface area contributed by atoms with Gasteiger partial charge >= 0.3 is 6.03 Å². The molecule has 0 aromatic heterocycles. The van der Waals surface area contributed by atoms with Crippen LogP contribution in [-0.2, 0) is 20.0 Å². The predicted octanol–water partition coefficient (Wildman–Crippen LogP) is -0.866. The fourth-order valence-corrected chi connectivity index (χ4v) is 4.89. The van der Waals surface area contributed by atoms with Crippen LogP contribution in [0, 0.1) is 0 Å². The van der Waals surface area contributed by atoms with Crippen molar-refractivity contribution >= 4 is 26.1 Å². The maximum absolute atomic E-state index is 12.1.